The number of hydrogen-bond acceptors (Lipinski definition) is 1. The third kappa shape index (κ3) is 1.61. The van der Waals surface area contributed by atoms with Crippen LogP contribution in [0.5, 0.6) is 0 Å². The summed E-state index contributed by atoms with van der Waals surface area (Å²) < 4.78 is 0. The number of alkyl halides is 1. The summed E-state index contributed by atoms with van der Waals surface area (Å²) in [7, 11) is 0. The molecule has 68 valence electrons. The number of Topliss-reactive ketones (excluding diaryl/α,β-unsaturated/α-hetero) is 1. The predicted molar refractivity (Wildman–Crippen MR) is 53.1 cm³/mol. The highest BCUT2D eigenvalue weighted by Crippen LogP contribution is 2.35. The van der Waals surface area contributed by atoms with Gasteiger partial charge >= 0.3 is 0 Å². The Morgan fingerprint density at radius 1 is 1.23 bits per heavy atom. The Morgan fingerprint density at radius 2 is 1.92 bits per heavy atom. The molecule has 1 aromatic rings. The SMILES string of the molecule is O=C1CCC(c2ccccc2)C1Cl. The lowest BCUT2D eigenvalue weighted by Gasteiger charge is -2.11. The highest BCUT2D eigenvalue weighted by molar-refractivity contribution is 6.32. The lowest BCUT2D eigenvalue weighted by molar-refractivity contribution is -0.117. The van der Waals surface area contributed by atoms with Crippen molar-refractivity contribution in [2.24, 2.45) is 0 Å². The second-order valence-corrected chi connectivity index (χ2v) is 3.89. The highest BCUT2D eigenvalue weighted by atomic mass is 35.5. The quantitative estimate of drug-likeness (QED) is 0.629. The van der Waals surface area contributed by atoms with Crippen molar-refractivity contribution in [1.29, 1.82) is 0 Å². The van der Waals surface area contributed by atoms with Gasteiger partial charge in [0.2, 0.25) is 0 Å². The number of ketones is 1. The minimum absolute atomic E-state index is 0.190. The average Bonchev–Trinajstić information content (AvgIpc) is 2.49. The first kappa shape index (κ1) is 8.76. The summed E-state index contributed by atoms with van der Waals surface area (Å²) in [4.78, 5) is 11.2. The van der Waals surface area contributed by atoms with Gasteiger partial charge in [-0.2, -0.15) is 0 Å². The lowest BCUT2D eigenvalue weighted by Crippen LogP contribution is -2.12. The first-order chi connectivity index (χ1) is 6.29. The molecule has 1 saturated carbocycles. The standard InChI is InChI=1S/C11H11ClO/c12-11-9(6-7-10(11)13)8-4-2-1-3-5-8/h1-5,9,11H,6-7H2. The molecule has 1 nitrogen and oxygen atoms in total. The van der Waals surface area contributed by atoms with Gasteiger partial charge in [0.1, 0.15) is 0 Å². The number of benzene rings is 1. The molecule has 2 heteroatoms. The zero-order chi connectivity index (χ0) is 9.26. The summed E-state index contributed by atoms with van der Waals surface area (Å²) in [5, 5.41) is -0.303. The van der Waals surface area contributed by atoms with Gasteiger partial charge in [0.25, 0.3) is 0 Å². The van der Waals surface area contributed by atoms with E-state index in [0.717, 1.165) is 6.42 Å². The number of rotatable bonds is 1. The maximum atomic E-state index is 11.2. The zero-order valence-electron chi connectivity index (χ0n) is 7.24. The van der Waals surface area contributed by atoms with Crippen LogP contribution in [0.3, 0.4) is 0 Å². The molecule has 1 fully saturated rings. The van der Waals surface area contributed by atoms with E-state index in [1.165, 1.54) is 5.56 Å². The Bertz CT molecular complexity index is 307. The molecule has 0 heterocycles. The summed E-state index contributed by atoms with van der Waals surface area (Å²) in [6.07, 6.45) is 1.53. The van der Waals surface area contributed by atoms with E-state index in [1.54, 1.807) is 0 Å². The normalized spacial score (nSPS) is 27.9. The second kappa shape index (κ2) is 3.51. The van der Waals surface area contributed by atoms with E-state index >= 15 is 0 Å². The minimum Gasteiger partial charge on any atom is -0.298 e. The van der Waals surface area contributed by atoms with Gasteiger partial charge in [-0.15, -0.1) is 11.6 Å². The molecule has 0 saturated heterocycles. The van der Waals surface area contributed by atoms with Crippen LogP contribution >= 0.6 is 11.6 Å². The molecule has 0 amide bonds. The third-order valence-corrected chi connectivity index (χ3v) is 3.14. The van der Waals surface area contributed by atoms with Crippen LogP contribution in [0.4, 0.5) is 0 Å². The van der Waals surface area contributed by atoms with Crippen molar-refractivity contribution in [1.82, 2.24) is 0 Å². The molecule has 13 heavy (non-hydrogen) atoms. The van der Waals surface area contributed by atoms with Gasteiger partial charge in [-0.1, -0.05) is 30.3 Å². The van der Waals surface area contributed by atoms with Crippen LogP contribution in [0.2, 0.25) is 0 Å². The minimum atomic E-state index is -0.303. The molecule has 0 radical (unpaired) electrons. The molecule has 1 aliphatic rings. The van der Waals surface area contributed by atoms with Crippen LogP contribution in [0.1, 0.15) is 24.3 Å². The molecule has 2 atom stereocenters. The monoisotopic (exact) mass is 194 g/mol. The zero-order valence-corrected chi connectivity index (χ0v) is 8.00. The Balaban J connectivity index is 2.24. The fourth-order valence-electron chi connectivity index (χ4n) is 1.84. The van der Waals surface area contributed by atoms with E-state index in [9.17, 15) is 4.79 Å². The summed E-state index contributed by atoms with van der Waals surface area (Å²) in [6, 6.07) is 10.0. The van der Waals surface area contributed by atoms with Crippen LogP contribution in [-0.2, 0) is 4.79 Å². The number of hydrogen-bond donors (Lipinski definition) is 0. The highest BCUT2D eigenvalue weighted by Gasteiger charge is 2.33. The van der Waals surface area contributed by atoms with Gasteiger partial charge < -0.3 is 0 Å². The molecule has 0 spiro atoms. The van der Waals surface area contributed by atoms with Crippen molar-refractivity contribution in [3.8, 4) is 0 Å². The van der Waals surface area contributed by atoms with E-state index < -0.39 is 0 Å². The van der Waals surface area contributed by atoms with E-state index in [-0.39, 0.29) is 17.1 Å². The van der Waals surface area contributed by atoms with Crippen LogP contribution in [0.25, 0.3) is 0 Å². The average molecular weight is 195 g/mol. The Hall–Kier alpha value is -0.820. The largest absolute Gasteiger partial charge is 0.298 e. The topological polar surface area (TPSA) is 17.1 Å². The molecule has 0 bridgehead atoms. The molecule has 2 rings (SSSR count). The predicted octanol–water partition coefficient (Wildman–Crippen LogP) is 2.74. The molecule has 1 aromatic carbocycles. The van der Waals surface area contributed by atoms with Gasteiger partial charge in [-0.05, 0) is 12.0 Å². The number of halogens is 1. The van der Waals surface area contributed by atoms with E-state index in [1.807, 2.05) is 30.3 Å². The van der Waals surface area contributed by atoms with Crippen molar-refractivity contribution in [3.63, 3.8) is 0 Å². The molecular weight excluding hydrogens is 184 g/mol. The first-order valence-electron chi connectivity index (χ1n) is 4.51. The summed E-state index contributed by atoms with van der Waals surface area (Å²) >= 11 is 6.01. The van der Waals surface area contributed by atoms with Gasteiger partial charge in [-0.3, -0.25) is 4.79 Å². The third-order valence-electron chi connectivity index (χ3n) is 2.59. The van der Waals surface area contributed by atoms with Crippen molar-refractivity contribution < 1.29 is 4.79 Å². The van der Waals surface area contributed by atoms with E-state index in [4.69, 9.17) is 11.6 Å². The number of carbonyl (C=O) groups is 1. The second-order valence-electron chi connectivity index (χ2n) is 3.42. The summed E-state index contributed by atoms with van der Waals surface area (Å²) in [5.74, 6) is 0.422. The maximum Gasteiger partial charge on any atom is 0.151 e. The van der Waals surface area contributed by atoms with Crippen molar-refractivity contribution >= 4 is 17.4 Å². The number of carbonyl (C=O) groups excluding carboxylic acids is 1. The van der Waals surface area contributed by atoms with E-state index in [2.05, 4.69) is 0 Å². The van der Waals surface area contributed by atoms with Gasteiger partial charge in [0.05, 0.1) is 5.38 Å². The Morgan fingerprint density at radius 3 is 2.46 bits per heavy atom. The fourth-order valence-corrected chi connectivity index (χ4v) is 2.22. The maximum absolute atomic E-state index is 11.2. The molecule has 2 unspecified atom stereocenters. The summed E-state index contributed by atoms with van der Waals surface area (Å²) in [6.45, 7) is 0. The molecule has 0 N–H and O–H groups in total. The molecular formula is C11H11ClO. The summed E-state index contributed by atoms with van der Waals surface area (Å²) in [5.41, 5.74) is 1.19. The van der Waals surface area contributed by atoms with Crippen molar-refractivity contribution in [2.45, 2.75) is 24.1 Å². The van der Waals surface area contributed by atoms with Gasteiger partial charge in [-0.25, -0.2) is 0 Å². The van der Waals surface area contributed by atoms with Crippen molar-refractivity contribution in [2.75, 3.05) is 0 Å². The molecule has 1 aliphatic carbocycles. The Kier molecular flexibility index (Phi) is 2.36. The van der Waals surface area contributed by atoms with Crippen LogP contribution in [0, 0.1) is 0 Å². The van der Waals surface area contributed by atoms with Crippen LogP contribution in [-0.4, -0.2) is 11.2 Å². The fraction of sp³-hybridized carbons (Fsp3) is 0.364. The van der Waals surface area contributed by atoms with Gasteiger partial charge in [0, 0.05) is 12.3 Å². The van der Waals surface area contributed by atoms with Gasteiger partial charge in [0.15, 0.2) is 5.78 Å². The van der Waals surface area contributed by atoms with Crippen LogP contribution < -0.4 is 0 Å². The van der Waals surface area contributed by atoms with Crippen molar-refractivity contribution in [3.05, 3.63) is 35.9 Å². The van der Waals surface area contributed by atoms with E-state index in [0.29, 0.717) is 6.42 Å². The Labute approximate surface area is 82.7 Å². The molecule has 0 aromatic heterocycles. The van der Waals surface area contributed by atoms with Crippen LogP contribution in [0.15, 0.2) is 30.3 Å². The molecule has 0 aliphatic heterocycles. The first-order valence-corrected chi connectivity index (χ1v) is 4.94. The lowest BCUT2D eigenvalue weighted by atomic mass is 9.98. The smallest absolute Gasteiger partial charge is 0.151 e.